The van der Waals surface area contributed by atoms with Crippen molar-refractivity contribution in [2.45, 2.75) is 19.9 Å². The normalized spacial score (nSPS) is 16.3. The highest BCUT2D eigenvalue weighted by Crippen LogP contribution is 2.35. The van der Waals surface area contributed by atoms with Crippen LogP contribution >= 0.6 is 0 Å². The van der Waals surface area contributed by atoms with Crippen LogP contribution in [0.3, 0.4) is 0 Å². The van der Waals surface area contributed by atoms with Crippen LogP contribution in [0.5, 0.6) is 0 Å². The number of hydrogen-bond acceptors (Lipinski definition) is 6. The first kappa shape index (κ1) is 15.1. The monoisotopic (exact) mass is 336 g/mol. The van der Waals surface area contributed by atoms with Crippen LogP contribution in [-0.4, -0.2) is 25.7 Å². The molecule has 1 unspecified atom stereocenters. The molecule has 8 heteroatoms. The van der Waals surface area contributed by atoms with Crippen molar-refractivity contribution in [2.24, 2.45) is 0 Å². The molecule has 0 radical (unpaired) electrons. The highest BCUT2D eigenvalue weighted by Gasteiger charge is 2.35. The van der Waals surface area contributed by atoms with Crippen molar-refractivity contribution < 1.29 is 9.21 Å². The van der Waals surface area contributed by atoms with Crippen LogP contribution in [0.15, 0.2) is 58.5 Å². The van der Waals surface area contributed by atoms with E-state index < -0.39 is 6.04 Å². The SMILES string of the molecule is CC1=C(C(=O)Nc2ccccn2)C(c2ccc(C)o2)n2ncnc2N1. The number of rotatable bonds is 3. The summed E-state index contributed by atoms with van der Waals surface area (Å²) >= 11 is 0. The van der Waals surface area contributed by atoms with E-state index in [1.165, 1.54) is 6.33 Å². The number of aromatic nitrogens is 4. The minimum Gasteiger partial charge on any atom is -0.464 e. The first-order valence-corrected chi connectivity index (χ1v) is 7.79. The molecule has 0 aliphatic carbocycles. The lowest BCUT2D eigenvalue weighted by Gasteiger charge is -2.27. The van der Waals surface area contributed by atoms with Gasteiger partial charge in [0, 0.05) is 11.9 Å². The fourth-order valence-electron chi connectivity index (χ4n) is 2.87. The Morgan fingerprint density at radius 2 is 2.12 bits per heavy atom. The largest absolute Gasteiger partial charge is 0.464 e. The third-order valence-electron chi connectivity index (χ3n) is 3.98. The Hall–Kier alpha value is -3.42. The van der Waals surface area contributed by atoms with E-state index in [2.05, 4.69) is 25.7 Å². The minimum atomic E-state index is -0.504. The molecule has 4 heterocycles. The van der Waals surface area contributed by atoms with E-state index in [4.69, 9.17) is 4.42 Å². The number of carbonyl (C=O) groups excluding carboxylic acids is 1. The highest BCUT2D eigenvalue weighted by atomic mass is 16.3. The zero-order chi connectivity index (χ0) is 17.4. The molecule has 4 rings (SSSR count). The van der Waals surface area contributed by atoms with Gasteiger partial charge in [-0.2, -0.15) is 10.1 Å². The van der Waals surface area contributed by atoms with Crippen LogP contribution in [0, 0.1) is 6.92 Å². The van der Waals surface area contributed by atoms with E-state index in [0.29, 0.717) is 28.8 Å². The zero-order valence-corrected chi connectivity index (χ0v) is 13.7. The molecule has 0 aromatic carbocycles. The molecule has 1 aliphatic heterocycles. The summed E-state index contributed by atoms with van der Waals surface area (Å²) in [5, 5.41) is 10.2. The summed E-state index contributed by atoms with van der Waals surface area (Å²) in [5.41, 5.74) is 1.19. The van der Waals surface area contributed by atoms with Crippen molar-refractivity contribution in [2.75, 3.05) is 10.6 Å². The zero-order valence-electron chi connectivity index (χ0n) is 13.7. The average Bonchev–Trinajstić information content (AvgIpc) is 3.23. The second-order valence-electron chi connectivity index (χ2n) is 5.71. The number of aryl methyl sites for hydroxylation is 1. The summed E-state index contributed by atoms with van der Waals surface area (Å²) in [4.78, 5) is 21.3. The molecule has 1 amide bonds. The number of hydrogen-bond donors (Lipinski definition) is 2. The van der Waals surface area contributed by atoms with Crippen molar-refractivity contribution in [1.29, 1.82) is 0 Å². The fourth-order valence-corrected chi connectivity index (χ4v) is 2.87. The number of nitrogens with one attached hydrogen (secondary N) is 2. The van der Waals surface area contributed by atoms with Gasteiger partial charge in [-0.05, 0) is 38.1 Å². The summed E-state index contributed by atoms with van der Waals surface area (Å²) in [5.74, 6) is 2.15. The van der Waals surface area contributed by atoms with Gasteiger partial charge < -0.3 is 15.1 Å². The Kier molecular flexibility index (Phi) is 3.57. The van der Waals surface area contributed by atoms with Gasteiger partial charge in [0.1, 0.15) is 29.7 Å². The molecule has 126 valence electrons. The summed E-state index contributed by atoms with van der Waals surface area (Å²) in [6.07, 6.45) is 3.07. The maximum atomic E-state index is 12.9. The van der Waals surface area contributed by atoms with Gasteiger partial charge in [-0.25, -0.2) is 9.67 Å². The number of pyridine rings is 1. The Morgan fingerprint density at radius 1 is 1.24 bits per heavy atom. The third-order valence-corrected chi connectivity index (χ3v) is 3.98. The third kappa shape index (κ3) is 2.67. The molecule has 0 saturated carbocycles. The fraction of sp³-hybridized carbons (Fsp3) is 0.176. The maximum Gasteiger partial charge on any atom is 0.257 e. The summed E-state index contributed by atoms with van der Waals surface area (Å²) < 4.78 is 7.42. The van der Waals surface area contributed by atoms with E-state index in [9.17, 15) is 4.79 Å². The van der Waals surface area contributed by atoms with Gasteiger partial charge in [0.2, 0.25) is 5.95 Å². The van der Waals surface area contributed by atoms with E-state index in [1.807, 2.05) is 32.0 Å². The second kappa shape index (κ2) is 5.90. The van der Waals surface area contributed by atoms with Gasteiger partial charge in [-0.15, -0.1) is 0 Å². The Bertz CT molecular complexity index is 956. The molecule has 0 fully saturated rings. The Morgan fingerprint density at radius 3 is 2.84 bits per heavy atom. The van der Waals surface area contributed by atoms with Gasteiger partial charge in [-0.3, -0.25) is 4.79 Å². The van der Waals surface area contributed by atoms with Crippen molar-refractivity contribution in [1.82, 2.24) is 19.7 Å². The van der Waals surface area contributed by atoms with Crippen LogP contribution in [-0.2, 0) is 4.79 Å². The lowest BCUT2D eigenvalue weighted by atomic mass is 10.00. The summed E-state index contributed by atoms with van der Waals surface area (Å²) in [6, 6.07) is 8.54. The molecular weight excluding hydrogens is 320 g/mol. The molecule has 0 saturated heterocycles. The molecule has 3 aromatic heterocycles. The number of nitrogens with zero attached hydrogens (tertiary/aromatic N) is 4. The molecule has 1 atom stereocenters. The maximum absolute atomic E-state index is 12.9. The molecule has 2 N–H and O–H groups in total. The predicted molar refractivity (Wildman–Crippen MR) is 90.8 cm³/mol. The van der Waals surface area contributed by atoms with Gasteiger partial charge >= 0.3 is 0 Å². The average molecular weight is 336 g/mol. The molecule has 25 heavy (non-hydrogen) atoms. The standard InChI is InChI=1S/C17H16N6O2/c1-10-6-7-12(25-10)15-14(11(2)21-17-19-9-20-23(15)17)16(24)22-13-5-3-4-8-18-13/h3-9,15H,1-2H3,(H,18,22,24)(H,19,20,21). The lowest BCUT2D eigenvalue weighted by molar-refractivity contribution is -0.113. The van der Waals surface area contributed by atoms with E-state index in [-0.39, 0.29) is 5.91 Å². The van der Waals surface area contributed by atoms with Crippen LogP contribution in [0.1, 0.15) is 24.5 Å². The molecule has 1 aliphatic rings. The van der Waals surface area contributed by atoms with Crippen LogP contribution < -0.4 is 10.6 Å². The van der Waals surface area contributed by atoms with Gasteiger partial charge in [0.15, 0.2) is 0 Å². The quantitative estimate of drug-likeness (QED) is 0.762. The van der Waals surface area contributed by atoms with Crippen molar-refractivity contribution in [3.05, 3.63) is 65.6 Å². The number of fused-ring (bicyclic) bond motifs is 1. The van der Waals surface area contributed by atoms with Gasteiger partial charge in [-0.1, -0.05) is 6.07 Å². The molecule has 8 nitrogen and oxygen atoms in total. The van der Waals surface area contributed by atoms with E-state index in [1.54, 1.807) is 23.0 Å². The van der Waals surface area contributed by atoms with E-state index >= 15 is 0 Å². The summed E-state index contributed by atoms with van der Waals surface area (Å²) in [6.45, 7) is 3.69. The molecule has 3 aromatic rings. The highest BCUT2D eigenvalue weighted by molar-refractivity contribution is 6.05. The summed E-state index contributed by atoms with van der Waals surface area (Å²) in [7, 11) is 0. The van der Waals surface area contributed by atoms with Crippen LogP contribution in [0.25, 0.3) is 0 Å². The Labute approximate surface area is 143 Å². The number of furan rings is 1. The second-order valence-corrected chi connectivity index (χ2v) is 5.71. The van der Waals surface area contributed by atoms with Crippen LogP contribution in [0.4, 0.5) is 11.8 Å². The number of allylic oxidation sites excluding steroid dienone is 1. The van der Waals surface area contributed by atoms with Crippen LogP contribution in [0.2, 0.25) is 0 Å². The number of amides is 1. The van der Waals surface area contributed by atoms with Gasteiger partial charge in [0.25, 0.3) is 5.91 Å². The Balaban J connectivity index is 1.76. The first-order valence-electron chi connectivity index (χ1n) is 7.79. The van der Waals surface area contributed by atoms with Crippen molar-refractivity contribution >= 4 is 17.7 Å². The number of carbonyl (C=O) groups is 1. The van der Waals surface area contributed by atoms with E-state index in [0.717, 1.165) is 5.76 Å². The predicted octanol–water partition coefficient (Wildman–Crippen LogP) is 2.50. The molecule has 0 spiro atoms. The van der Waals surface area contributed by atoms with Gasteiger partial charge in [0.05, 0.1) is 5.57 Å². The molecule has 0 bridgehead atoms. The number of anilines is 2. The lowest BCUT2D eigenvalue weighted by Crippen LogP contribution is -2.31. The molecular formula is C17H16N6O2. The smallest absolute Gasteiger partial charge is 0.257 e. The van der Waals surface area contributed by atoms with Crippen molar-refractivity contribution in [3.8, 4) is 0 Å². The topological polar surface area (TPSA) is 97.9 Å². The van der Waals surface area contributed by atoms with Crippen molar-refractivity contribution in [3.63, 3.8) is 0 Å². The minimum absolute atomic E-state index is 0.274. The first-order chi connectivity index (χ1) is 12.1.